The minimum Gasteiger partial charge on any atom is -0.314 e. The van der Waals surface area contributed by atoms with Crippen LogP contribution in [0.3, 0.4) is 0 Å². The molecule has 2 nitrogen and oxygen atoms in total. The maximum atomic E-state index is 6.10. The van der Waals surface area contributed by atoms with E-state index in [1.807, 2.05) is 18.2 Å². The third kappa shape index (κ3) is 3.47. The fraction of sp³-hybridized carbons (Fsp3) is 0.333. The maximum Gasteiger partial charge on any atom is 0.0598 e. The number of rotatable bonds is 3. The summed E-state index contributed by atoms with van der Waals surface area (Å²) in [5.41, 5.74) is 3.61. The summed E-state index contributed by atoms with van der Waals surface area (Å²) >= 11 is 12.1. The van der Waals surface area contributed by atoms with E-state index in [9.17, 15) is 0 Å². The van der Waals surface area contributed by atoms with Crippen molar-refractivity contribution < 1.29 is 0 Å². The molecule has 1 atom stereocenters. The van der Waals surface area contributed by atoms with E-state index in [4.69, 9.17) is 23.2 Å². The van der Waals surface area contributed by atoms with E-state index in [0.29, 0.717) is 16.1 Å². The zero-order valence-corrected chi connectivity index (χ0v) is 14.2. The van der Waals surface area contributed by atoms with Crippen LogP contribution in [0.5, 0.6) is 0 Å². The van der Waals surface area contributed by atoms with Gasteiger partial charge in [0, 0.05) is 32.2 Å². The number of hydrogen-bond donors (Lipinski definition) is 1. The van der Waals surface area contributed by atoms with Crippen LogP contribution in [0.4, 0.5) is 0 Å². The molecule has 0 radical (unpaired) electrons. The van der Waals surface area contributed by atoms with Gasteiger partial charge in [-0.15, -0.1) is 0 Å². The quantitative estimate of drug-likeness (QED) is 0.880. The molecule has 0 aromatic heterocycles. The number of nitrogens with one attached hydrogen (secondary N) is 1. The SMILES string of the molecule is CC(c1ccc(-c2ccc(Cl)c(Cl)c2)cc1)N1CCNCC1. The summed E-state index contributed by atoms with van der Waals surface area (Å²) in [7, 11) is 0. The van der Waals surface area contributed by atoms with E-state index in [-0.39, 0.29) is 0 Å². The molecule has 1 N–H and O–H groups in total. The summed E-state index contributed by atoms with van der Waals surface area (Å²) in [5, 5.41) is 4.58. The van der Waals surface area contributed by atoms with Gasteiger partial charge >= 0.3 is 0 Å². The fourth-order valence-corrected chi connectivity index (χ4v) is 3.21. The molecule has 4 heteroatoms. The summed E-state index contributed by atoms with van der Waals surface area (Å²) in [5.74, 6) is 0. The van der Waals surface area contributed by atoms with Gasteiger partial charge in [0.25, 0.3) is 0 Å². The van der Waals surface area contributed by atoms with Crippen molar-refractivity contribution in [1.82, 2.24) is 10.2 Å². The van der Waals surface area contributed by atoms with Crippen molar-refractivity contribution in [3.63, 3.8) is 0 Å². The Morgan fingerprint density at radius 1 is 0.909 bits per heavy atom. The van der Waals surface area contributed by atoms with Gasteiger partial charge in [-0.05, 0) is 35.7 Å². The van der Waals surface area contributed by atoms with Crippen molar-refractivity contribution in [3.05, 3.63) is 58.1 Å². The van der Waals surface area contributed by atoms with Crippen LogP contribution in [0.2, 0.25) is 10.0 Å². The summed E-state index contributed by atoms with van der Waals surface area (Å²) in [6, 6.07) is 15.0. The predicted octanol–water partition coefficient (Wildman–Crippen LogP) is 4.63. The average Bonchev–Trinajstić information content (AvgIpc) is 2.58. The van der Waals surface area contributed by atoms with Crippen LogP contribution >= 0.6 is 23.2 Å². The Balaban J connectivity index is 1.78. The van der Waals surface area contributed by atoms with Crippen molar-refractivity contribution in [2.75, 3.05) is 26.2 Å². The van der Waals surface area contributed by atoms with Crippen molar-refractivity contribution in [3.8, 4) is 11.1 Å². The monoisotopic (exact) mass is 334 g/mol. The molecular weight excluding hydrogens is 315 g/mol. The lowest BCUT2D eigenvalue weighted by atomic mass is 10.0. The molecule has 1 fully saturated rings. The van der Waals surface area contributed by atoms with Gasteiger partial charge in [0.2, 0.25) is 0 Å². The highest BCUT2D eigenvalue weighted by Crippen LogP contribution is 2.30. The Bertz CT molecular complexity index is 634. The third-order valence-electron chi connectivity index (χ3n) is 4.35. The second kappa shape index (κ2) is 7.01. The zero-order chi connectivity index (χ0) is 15.5. The van der Waals surface area contributed by atoms with Gasteiger partial charge < -0.3 is 5.32 Å². The average molecular weight is 335 g/mol. The van der Waals surface area contributed by atoms with Crippen LogP contribution in [0.15, 0.2) is 42.5 Å². The molecule has 1 unspecified atom stereocenters. The minimum absolute atomic E-state index is 0.449. The van der Waals surface area contributed by atoms with Gasteiger partial charge in [0.05, 0.1) is 10.0 Å². The number of halogens is 2. The van der Waals surface area contributed by atoms with Crippen molar-refractivity contribution >= 4 is 23.2 Å². The molecule has 0 spiro atoms. The largest absolute Gasteiger partial charge is 0.314 e. The molecule has 1 aliphatic rings. The van der Waals surface area contributed by atoms with Gasteiger partial charge in [-0.2, -0.15) is 0 Å². The van der Waals surface area contributed by atoms with E-state index in [0.717, 1.165) is 37.3 Å². The van der Waals surface area contributed by atoms with E-state index in [1.165, 1.54) is 5.56 Å². The lowest BCUT2D eigenvalue weighted by Gasteiger charge is -2.33. The molecule has 116 valence electrons. The highest BCUT2D eigenvalue weighted by atomic mass is 35.5. The Morgan fingerprint density at radius 3 is 2.18 bits per heavy atom. The van der Waals surface area contributed by atoms with Crippen LogP contribution in [-0.4, -0.2) is 31.1 Å². The normalized spacial score (nSPS) is 17.4. The van der Waals surface area contributed by atoms with Crippen LogP contribution in [-0.2, 0) is 0 Å². The lowest BCUT2D eigenvalue weighted by Crippen LogP contribution is -2.44. The number of benzene rings is 2. The fourth-order valence-electron chi connectivity index (χ4n) is 2.91. The molecule has 0 aliphatic carbocycles. The Morgan fingerprint density at radius 2 is 1.55 bits per heavy atom. The first-order chi connectivity index (χ1) is 10.6. The molecular formula is C18H20Cl2N2. The molecule has 1 aliphatic heterocycles. The first-order valence-corrected chi connectivity index (χ1v) is 8.41. The second-order valence-corrected chi connectivity index (χ2v) is 6.53. The van der Waals surface area contributed by atoms with Gasteiger partial charge in [0.1, 0.15) is 0 Å². The summed E-state index contributed by atoms with van der Waals surface area (Å²) in [6.07, 6.45) is 0. The van der Waals surface area contributed by atoms with E-state index < -0.39 is 0 Å². The smallest absolute Gasteiger partial charge is 0.0598 e. The Hall–Kier alpha value is -1.06. The van der Waals surface area contributed by atoms with Crippen molar-refractivity contribution in [2.24, 2.45) is 0 Å². The molecule has 1 heterocycles. The van der Waals surface area contributed by atoms with E-state index in [2.05, 4.69) is 41.4 Å². The van der Waals surface area contributed by atoms with Crippen molar-refractivity contribution in [1.29, 1.82) is 0 Å². The van der Waals surface area contributed by atoms with Crippen LogP contribution in [0.1, 0.15) is 18.5 Å². The predicted molar refractivity (Wildman–Crippen MR) is 94.8 cm³/mol. The zero-order valence-electron chi connectivity index (χ0n) is 12.7. The molecule has 2 aromatic carbocycles. The Labute approximate surface area is 142 Å². The molecule has 0 bridgehead atoms. The van der Waals surface area contributed by atoms with Gasteiger partial charge in [-0.25, -0.2) is 0 Å². The van der Waals surface area contributed by atoms with Crippen LogP contribution in [0.25, 0.3) is 11.1 Å². The van der Waals surface area contributed by atoms with Gasteiger partial charge in [-0.3, -0.25) is 4.90 Å². The molecule has 3 rings (SSSR count). The number of hydrogen-bond acceptors (Lipinski definition) is 2. The standard InChI is InChI=1S/C18H20Cl2N2/c1-13(22-10-8-21-9-11-22)14-2-4-15(5-3-14)16-6-7-17(19)18(20)12-16/h2-7,12-13,21H,8-11H2,1H3. The molecule has 2 aromatic rings. The van der Waals surface area contributed by atoms with E-state index in [1.54, 1.807) is 0 Å². The minimum atomic E-state index is 0.449. The highest BCUT2D eigenvalue weighted by Gasteiger charge is 2.17. The first kappa shape index (κ1) is 15.8. The number of nitrogens with zero attached hydrogens (tertiary/aromatic N) is 1. The second-order valence-electron chi connectivity index (χ2n) is 5.71. The molecule has 0 saturated carbocycles. The Kier molecular flexibility index (Phi) is 5.04. The summed E-state index contributed by atoms with van der Waals surface area (Å²) in [6.45, 7) is 6.64. The van der Waals surface area contributed by atoms with Crippen LogP contribution in [0, 0.1) is 0 Å². The van der Waals surface area contributed by atoms with Crippen LogP contribution < -0.4 is 5.32 Å². The number of piperazine rings is 1. The topological polar surface area (TPSA) is 15.3 Å². The molecule has 1 saturated heterocycles. The van der Waals surface area contributed by atoms with Gasteiger partial charge in [0.15, 0.2) is 0 Å². The van der Waals surface area contributed by atoms with E-state index >= 15 is 0 Å². The summed E-state index contributed by atoms with van der Waals surface area (Å²) < 4.78 is 0. The van der Waals surface area contributed by atoms with Crippen molar-refractivity contribution in [2.45, 2.75) is 13.0 Å². The molecule has 0 amide bonds. The lowest BCUT2D eigenvalue weighted by molar-refractivity contribution is 0.185. The highest BCUT2D eigenvalue weighted by molar-refractivity contribution is 6.42. The summed E-state index contributed by atoms with van der Waals surface area (Å²) in [4.78, 5) is 2.52. The van der Waals surface area contributed by atoms with Gasteiger partial charge in [-0.1, -0.05) is 53.5 Å². The maximum absolute atomic E-state index is 6.10. The third-order valence-corrected chi connectivity index (χ3v) is 5.08. The molecule has 22 heavy (non-hydrogen) atoms. The first-order valence-electron chi connectivity index (χ1n) is 7.65.